The van der Waals surface area contributed by atoms with Crippen molar-refractivity contribution in [3.8, 4) is 0 Å². The highest BCUT2D eigenvalue weighted by Crippen LogP contribution is 2.22. The Kier molecular flexibility index (Phi) is 4.17. The molecule has 0 unspecified atom stereocenters. The number of thiophene rings is 1. The molecule has 0 spiro atoms. The van der Waals surface area contributed by atoms with Crippen molar-refractivity contribution >= 4 is 34.9 Å². The number of carbonyl (C=O) groups is 1. The summed E-state index contributed by atoms with van der Waals surface area (Å²) in [7, 11) is 0. The van der Waals surface area contributed by atoms with Crippen LogP contribution in [0.2, 0.25) is 4.34 Å². The van der Waals surface area contributed by atoms with Crippen LogP contribution in [0.15, 0.2) is 40.8 Å². The molecule has 0 fully saturated rings. The van der Waals surface area contributed by atoms with Gasteiger partial charge in [-0.1, -0.05) is 28.8 Å². The summed E-state index contributed by atoms with van der Waals surface area (Å²) in [5.41, 5.74) is 0.827. The average molecular weight is 338 g/mol. The SMILES string of the molecule is O=C(Nc1nnc(Cc2ccc(F)cc2)o1)c1ccc(Cl)s1. The molecule has 3 rings (SSSR count). The van der Waals surface area contributed by atoms with E-state index in [4.69, 9.17) is 16.0 Å². The summed E-state index contributed by atoms with van der Waals surface area (Å²) in [5, 5.41) is 10.1. The zero-order valence-electron chi connectivity index (χ0n) is 11.0. The van der Waals surface area contributed by atoms with Crippen LogP contribution in [0.25, 0.3) is 0 Å². The fourth-order valence-corrected chi connectivity index (χ4v) is 2.69. The molecule has 1 N–H and O–H groups in total. The number of nitrogens with one attached hydrogen (secondary N) is 1. The van der Waals surface area contributed by atoms with Crippen LogP contribution < -0.4 is 5.32 Å². The summed E-state index contributed by atoms with van der Waals surface area (Å²) in [4.78, 5) is 12.4. The summed E-state index contributed by atoms with van der Waals surface area (Å²) < 4.78 is 18.7. The number of hydrogen-bond acceptors (Lipinski definition) is 5. The minimum atomic E-state index is -0.367. The lowest BCUT2D eigenvalue weighted by atomic mass is 10.1. The number of benzene rings is 1. The lowest BCUT2D eigenvalue weighted by Gasteiger charge is -1.97. The zero-order valence-corrected chi connectivity index (χ0v) is 12.6. The average Bonchev–Trinajstić information content (AvgIpc) is 3.11. The van der Waals surface area contributed by atoms with E-state index in [1.54, 1.807) is 24.3 Å². The van der Waals surface area contributed by atoms with Crippen LogP contribution in [-0.4, -0.2) is 16.1 Å². The molecule has 2 heterocycles. The Bertz CT molecular complexity index is 801. The number of amides is 1. The molecular formula is C14H9ClFN3O2S. The quantitative estimate of drug-likeness (QED) is 0.787. The van der Waals surface area contributed by atoms with Gasteiger partial charge in [0.05, 0.1) is 15.6 Å². The third-order valence-corrected chi connectivity index (χ3v) is 3.98. The molecule has 112 valence electrons. The van der Waals surface area contributed by atoms with Gasteiger partial charge in [0.25, 0.3) is 5.91 Å². The Morgan fingerprint density at radius 3 is 2.68 bits per heavy atom. The van der Waals surface area contributed by atoms with Crippen LogP contribution in [0.1, 0.15) is 21.1 Å². The maximum atomic E-state index is 12.8. The topological polar surface area (TPSA) is 68.0 Å². The van der Waals surface area contributed by atoms with Crippen molar-refractivity contribution in [2.45, 2.75) is 6.42 Å². The van der Waals surface area contributed by atoms with E-state index < -0.39 is 0 Å². The Morgan fingerprint density at radius 1 is 1.23 bits per heavy atom. The standard InChI is InChI=1S/C14H9ClFN3O2S/c15-11-6-5-10(22-11)13(20)17-14-19-18-12(21-14)7-8-1-3-9(16)4-2-8/h1-6H,7H2,(H,17,19,20). The Hall–Kier alpha value is -2.25. The van der Waals surface area contributed by atoms with Crippen molar-refractivity contribution < 1.29 is 13.6 Å². The molecular weight excluding hydrogens is 329 g/mol. The van der Waals surface area contributed by atoms with Gasteiger partial charge in [-0.05, 0) is 29.8 Å². The maximum absolute atomic E-state index is 12.8. The molecule has 0 aliphatic carbocycles. The highest BCUT2D eigenvalue weighted by atomic mass is 35.5. The number of nitrogens with zero attached hydrogens (tertiary/aromatic N) is 2. The highest BCUT2D eigenvalue weighted by molar-refractivity contribution is 7.18. The fourth-order valence-electron chi connectivity index (χ4n) is 1.75. The van der Waals surface area contributed by atoms with Gasteiger partial charge in [0, 0.05) is 0 Å². The van der Waals surface area contributed by atoms with E-state index in [-0.39, 0.29) is 17.7 Å². The smallest absolute Gasteiger partial charge is 0.322 e. The van der Waals surface area contributed by atoms with E-state index in [0.717, 1.165) is 16.9 Å². The first-order valence-electron chi connectivity index (χ1n) is 6.23. The molecule has 5 nitrogen and oxygen atoms in total. The number of carbonyl (C=O) groups excluding carboxylic acids is 1. The fraction of sp³-hybridized carbons (Fsp3) is 0.0714. The second-order valence-electron chi connectivity index (χ2n) is 4.36. The summed E-state index contributed by atoms with van der Waals surface area (Å²) in [6, 6.07) is 9.22. The van der Waals surface area contributed by atoms with Crippen molar-refractivity contribution in [1.82, 2.24) is 10.2 Å². The summed E-state index contributed by atoms with van der Waals surface area (Å²) in [6.07, 6.45) is 0.355. The van der Waals surface area contributed by atoms with Crippen LogP contribution in [0.3, 0.4) is 0 Å². The van der Waals surface area contributed by atoms with Crippen LogP contribution in [0.5, 0.6) is 0 Å². The van der Waals surface area contributed by atoms with Crippen LogP contribution in [0, 0.1) is 5.82 Å². The maximum Gasteiger partial charge on any atom is 0.322 e. The first-order chi connectivity index (χ1) is 10.6. The predicted octanol–water partition coefficient (Wildman–Crippen LogP) is 3.77. The van der Waals surface area contributed by atoms with Crippen molar-refractivity contribution in [2.24, 2.45) is 0 Å². The number of anilines is 1. The van der Waals surface area contributed by atoms with Crippen molar-refractivity contribution in [1.29, 1.82) is 0 Å². The van der Waals surface area contributed by atoms with Crippen molar-refractivity contribution in [3.63, 3.8) is 0 Å². The van der Waals surface area contributed by atoms with Crippen LogP contribution in [0.4, 0.5) is 10.4 Å². The summed E-state index contributed by atoms with van der Waals surface area (Å²) in [6.45, 7) is 0. The molecule has 22 heavy (non-hydrogen) atoms. The lowest BCUT2D eigenvalue weighted by molar-refractivity contribution is 0.102. The minimum absolute atomic E-state index is 0.00614. The predicted molar refractivity (Wildman–Crippen MR) is 80.8 cm³/mol. The van der Waals surface area contributed by atoms with Crippen molar-refractivity contribution in [2.75, 3.05) is 5.32 Å². The van der Waals surface area contributed by atoms with Gasteiger partial charge in [-0.15, -0.1) is 16.4 Å². The van der Waals surface area contributed by atoms with Gasteiger partial charge in [0.2, 0.25) is 5.89 Å². The Morgan fingerprint density at radius 2 is 2.00 bits per heavy atom. The second kappa shape index (κ2) is 6.25. The van der Waals surface area contributed by atoms with Gasteiger partial charge in [0.1, 0.15) is 5.82 Å². The molecule has 0 aliphatic rings. The van der Waals surface area contributed by atoms with Gasteiger partial charge in [-0.3, -0.25) is 10.1 Å². The zero-order chi connectivity index (χ0) is 15.5. The first-order valence-corrected chi connectivity index (χ1v) is 7.43. The lowest BCUT2D eigenvalue weighted by Crippen LogP contribution is -2.10. The van der Waals surface area contributed by atoms with Crippen LogP contribution in [-0.2, 0) is 6.42 Å². The van der Waals surface area contributed by atoms with Gasteiger partial charge in [0.15, 0.2) is 0 Å². The van der Waals surface area contributed by atoms with E-state index in [1.807, 2.05) is 0 Å². The molecule has 0 aliphatic heterocycles. The minimum Gasteiger partial charge on any atom is -0.407 e. The van der Waals surface area contributed by atoms with Gasteiger partial charge in [-0.2, -0.15) is 0 Å². The Balaban J connectivity index is 1.66. The normalized spacial score (nSPS) is 10.6. The molecule has 1 aromatic carbocycles. The molecule has 0 saturated heterocycles. The largest absolute Gasteiger partial charge is 0.407 e. The first kappa shape index (κ1) is 14.7. The molecule has 0 bridgehead atoms. The number of aromatic nitrogens is 2. The van der Waals surface area contributed by atoms with Gasteiger partial charge >= 0.3 is 6.01 Å². The van der Waals surface area contributed by atoms with E-state index in [0.29, 0.717) is 21.5 Å². The van der Waals surface area contributed by atoms with E-state index >= 15 is 0 Å². The van der Waals surface area contributed by atoms with E-state index in [2.05, 4.69) is 15.5 Å². The molecule has 2 aromatic heterocycles. The van der Waals surface area contributed by atoms with E-state index in [1.165, 1.54) is 12.1 Å². The van der Waals surface area contributed by atoms with Gasteiger partial charge in [-0.25, -0.2) is 4.39 Å². The van der Waals surface area contributed by atoms with Crippen molar-refractivity contribution in [3.05, 3.63) is 62.9 Å². The molecule has 3 aromatic rings. The molecule has 0 atom stereocenters. The second-order valence-corrected chi connectivity index (χ2v) is 6.08. The number of halogens is 2. The third kappa shape index (κ3) is 3.49. The summed E-state index contributed by atoms with van der Waals surface area (Å²) >= 11 is 6.93. The Labute approximate surface area is 133 Å². The van der Waals surface area contributed by atoms with Crippen LogP contribution >= 0.6 is 22.9 Å². The van der Waals surface area contributed by atoms with Gasteiger partial charge < -0.3 is 4.42 Å². The number of rotatable bonds is 4. The summed E-state index contributed by atoms with van der Waals surface area (Å²) in [5.74, 6) is -0.350. The molecule has 8 heteroatoms. The monoisotopic (exact) mass is 337 g/mol. The third-order valence-electron chi connectivity index (χ3n) is 2.75. The highest BCUT2D eigenvalue weighted by Gasteiger charge is 2.13. The number of hydrogen-bond donors (Lipinski definition) is 1. The molecule has 0 radical (unpaired) electrons. The van der Waals surface area contributed by atoms with E-state index in [9.17, 15) is 9.18 Å². The molecule has 1 amide bonds. The molecule has 0 saturated carbocycles.